The predicted octanol–water partition coefficient (Wildman–Crippen LogP) is -0.738. The number of hydrogen-bond acceptors (Lipinski definition) is 6. The largest absolute Gasteiger partial charge is 0.549 e. The molecule has 0 heterocycles. The van der Waals surface area contributed by atoms with Crippen LogP contribution in [0.25, 0.3) is 0 Å². The van der Waals surface area contributed by atoms with Crippen molar-refractivity contribution in [3.63, 3.8) is 0 Å². The van der Waals surface area contributed by atoms with Gasteiger partial charge in [0.15, 0.2) is 0 Å². The number of benzene rings is 1. The Morgan fingerprint density at radius 1 is 0.960 bits per heavy atom. The number of aliphatic carboxylic acids is 2. The summed E-state index contributed by atoms with van der Waals surface area (Å²) in [5.41, 5.74) is 7.74. The van der Waals surface area contributed by atoms with Gasteiger partial charge in [0, 0.05) is 13.1 Å². The van der Waals surface area contributed by atoms with Crippen molar-refractivity contribution in [1.29, 1.82) is 0 Å². The van der Waals surface area contributed by atoms with Crippen LogP contribution >= 0.6 is 0 Å². The maximum absolute atomic E-state index is 12.2. The summed E-state index contributed by atoms with van der Waals surface area (Å²) in [7, 11) is 0. The number of carbonyl (C=O) groups is 3. The second-order valence-corrected chi connectivity index (χ2v) is 6.61. The summed E-state index contributed by atoms with van der Waals surface area (Å²) in [5, 5.41) is 22.1. The van der Waals surface area contributed by atoms with E-state index in [1.165, 1.54) is 0 Å². The Morgan fingerprint density at radius 3 is 1.64 bits per heavy atom. The summed E-state index contributed by atoms with van der Waals surface area (Å²) in [6, 6.07) is 4.32. The summed E-state index contributed by atoms with van der Waals surface area (Å²) in [5.74, 6) is -3.76. The van der Waals surface area contributed by atoms with Crippen LogP contribution in [0.2, 0.25) is 0 Å². The Morgan fingerprint density at radius 2 is 1.36 bits per heavy atom. The molecule has 138 valence electrons. The number of carboxylic acids is 2. The second-order valence-electron chi connectivity index (χ2n) is 6.61. The van der Waals surface area contributed by atoms with Crippen molar-refractivity contribution in [1.82, 2.24) is 4.90 Å². The van der Waals surface area contributed by atoms with Crippen LogP contribution in [0.5, 0.6) is 0 Å². The van der Waals surface area contributed by atoms with Crippen molar-refractivity contribution in [3.05, 3.63) is 34.9 Å². The number of carbonyl (C=O) groups excluding carboxylic acids is 3. The van der Waals surface area contributed by atoms with Crippen LogP contribution in [0.1, 0.15) is 62.3 Å². The van der Waals surface area contributed by atoms with Gasteiger partial charge in [-0.1, -0.05) is 45.9 Å². The van der Waals surface area contributed by atoms with E-state index in [2.05, 4.69) is 0 Å². The Labute approximate surface area is 147 Å². The number of nitrogens with zero attached hydrogens (tertiary/aromatic N) is 1. The lowest BCUT2D eigenvalue weighted by Gasteiger charge is -2.34. The topological polar surface area (TPSA) is 127 Å². The molecular weight excluding hydrogens is 324 g/mol. The zero-order valence-corrected chi connectivity index (χ0v) is 14.9. The molecule has 0 aliphatic heterocycles. The molecule has 0 saturated carbocycles. The molecule has 0 spiro atoms. The van der Waals surface area contributed by atoms with Crippen molar-refractivity contribution in [2.24, 2.45) is 5.73 Å². The van der Waals surface area contributed by atoms with Gasteiger partial charge in [-0.15, -0.1) is 0 Å². The van der Waals surface area contributed by atoms with Crippen molar-refractivity contribution < 1.29 is 24.6 Å². The van der Waals surface area contributed by atoms with E-state index < -0.39 is 37.0 Å². The third-order valence-corrected chi connectivity index (χ3v) is 3.99. The minimum absolute atomic E-state index is 0.0308. The highest BCUT2D eigenvalue weighted by Crippen LogP contribution is 2.35. The first kappa shape index (κ1) is 20.6. The predicted molar refractivity (Wildman–Crippen MR) is 88.1 cm³/mol. The zero-order valence-electron chi connectivity index (χ0n) is 14.9. The van der Waals surface area contributed by atoms with Crippen LogP contribution in [0.15, 0.2) is 18.2 Å². The maximum atomic E-state index is 12.2. The van der Waals surface area contributed by atoms with Gasteiger partial charge in [0.05, 0.1) is 11.9 Å². The van der Waals surface area contributed by atoms with Crippen molar-refractivity contribution in [3.8, 4) is 0 Å². The number of carboxylic acid groups (broad SMARTS) is 2. The molecule has 1 atom stereocenters. The first-order chi connectivity index (χ1) is 11.6. The third kappa shape index (κ3) is 5.29. The van der Waals surface area contributed by atoms with Gasteiger partial charge in [-0.05, 0) is 28.5 Å². The van der Waals surface area contributed by atoms with E-state index in [1.54, 1.807) is 0 Å². The second kappa shape index (κ2) is 8.62. The normalized spacial score (nSPS) is 12.6. The monoisotopic (exact) mass is 348 g/mol. The quantitative estimate of drug-likeness (QED) is 0.626. The van der Waals surface area contributed by atoms with Crippen molar-refractivity contribution >= 4 is 17.8 Å². The number of amides is 1. The first-order valence-corrected chi connectivity index (χ1v) is 8.12. The lowest BCUT2D eigenvalue weighted by atomic mass is 9.84. The highest BCUT2D eigenvalue weighted by molar-refractivity contribution is 5.84. The van der Waals surface area contributed by atoms with Crippen molar-refractivity contribution in [2.45, 2.75) is 45.6 Å². The van der Waals surface area contributed by atoms with Gasteiger partial charge in [0.2, 0.25) is 5.91 Å². The fourth-order valence-electron chi connectivity index (χ4n) is 3.00. The van der Waals surface area contributed by atoms with E-state index in [1.807, 2.05) is 45.9 Å². The number of nitrogens with two attached hydrogens (primary N) is 1. The molecule has 0 radical (unpaired) electrons. The van der Waals surface area contributed by atoms with E-state index >= 15 is 0 Å². The molecule has 0 aliphatic rings. The van der Waals surface area contributed by atoms with E-state index in [4.69, 9.17) is 5.73 Å². The van der Waals surface area contributed by atoms with Gasteiger partial charge in [-0.3, -0.25) is 9.69 Å². The molecule has 0 fully saturated rings. The average Bonchev–Trinajstić information content (AvgIpc) is 2.45. The minimum atomic E-state index is -1.50. The molecule has 7 heteroatoms. The summed E-state index contributed by atoms with van der Waals surface area (Å²) in [6.07, 6.45) is 0. The standard InChI is InChI=1S/C18H26N2O5/c1-10(2)12-6-5-7-13(11(3)4)16(12)17(18(19)25)20(8-14(21)22)9-15(23)24/h5-7,10-11,17H,8-9H2,1-4H3,(H2,19,25)(H,21,22)(H,23,24)/p-2. The number of primary amides is 1. The Bertz CT molecular complexity index is 613. The SMILES string of the molecule is CC(C)c1cccc(C(C)C)c1C(C(N)=O)N(CC(=O)[O-])CC(=O)[O-]. The first-order valence-electron chi connectivity index (χ1n) is 8.12. The molecule has 1 aromatic rings. The van der Waals surface area contributed by atoms with Gasteiger partial charge in [-0.25, -0.2) is 0 Å². The molecule has 25 heavy (non-hydrogen) atoms. The number of rotatable bonds is 9. The lowest BCUT2D eigenvalue weighted by molar-refractivity contribution is -0.310. The number of hydrogen-bond donors (Lipinski definition) is 1. The molecule has 0 saturated heterocycles. The van der Waals surface area contributed by atoms with Gasteiger partial charge in [-0.2, -0.15) is 0 Å². The van der Waals surface area contributed by atoms with Crippen LogP contribution < -0.4 is 15.9 Å². The highest BCUT2D eigenvalue weighted by Gasteiger charge is 2.31. The Hall–Kier alpha value is -2.41. The van der Waals surface area contributed by atoms with Crippen LogP contribution in [-0.2, 0) is 14.4 Å². The van der Waals surface area contributed by atoms with Crippen LogP contribution in [0.4, 0.5) is 0 Å². The molecule has 1 unspecified atom stereocenters. The molecule has 1 aromatic carbocycles. The Kier molecular flexibility index (Phi) is 7.11. The molecule has 2 N–H and O–H groups in total. The summed E-state index contributed by atoms with van der Waals surface area (Å²) in [4.78, 5) is 35.3. The van der Waals surface area contributed by atoms with E-state index in [0.717, 1.165) is 16.0 Å². The summed E-state index contributed by atoms with van der Waals surface area (Å²) < 4.78 is 0. The molecule has 1 rings (SSSR count). The van der Waals surface area contributed by atoms with E-state index in [0.29, 0.717) is 5.56 Å². The van der Waals surface area contributed by atoms with Gasteiger partial charge in [0.25, 0.3) is 0 Å². The fraction of sp³-hybridized carbons (Fsp3) is 0.500. The Balaban J connectivity index is 3.63. The fourth-order valence-corrected chi connectivity index (χ4v) is 3.00. The molecule has 1 amide bonds. The van der Waals surface area contributed by atoms with Crippen molar-refractivity contribution in [2.75, 3.05) is 13.1 Å². The molecule has 0 aromatic heterocycles. The average molecular weight is 348 g/mol. The molecule has 0 aliphatic carbocycles. The molecular formula is C18H24N2O5-2. The maximum Gasteiger partial charge on any atom is 0.239 e. The highest BCUT2D eigenvalue weighted by atomic mass is 16.4. The molecule has 0 bridgehead atoms. The van der Waals surface area contributed by atoms with E-state index in [9.17, 15) is 24.6 Å². The summed E-state index contributed by atoms with van der Waals surface area (Å²) in [6.45, 7) is 6.24. The van der Waals surface area contributed by atoms with Crippen LogP contribution in [0.3, 0.4) is 0 Å². The van der Waals surface area contributed by atoms with Gasteiger partial charge in [0.1, 0.15) is 6.04 Å². The van der Waals surface area contributed by atoms with Crippen LogP contribution in [0, 0.1) is 0 Å². The van der Waals surface area contributed by atoms with Gasteiger partial charge >= 0.3 is 0 Å². The summed E-state index contributed by atoms with van der Waals surface area (Å²) >= 11 is 0. The van der Waals surface area contributed by atoms with E-state index in [-0.39, 0.29) is 11.8 Å². The smallest absolute Gasteiger partial charge is 0.239 e. The molecule has 7 nitrogen and oxygen atoms in total. The minimum Gasteiger partial charge on any atom is -0.549 e. The third-order valence-electron chi connectivity index (χ3n) is 3.99. The van der Waals surface area contributed by atoms with Crippen LogP contribution in [-0.4, -0.2) is 35.8 Å². The van der Waals surface area contributed by atoms with Gasteiger partial charge < -0.3 is 25.5 Å². The lowest BCUT2D eigenvalue weighted by Crippen LogP contribution is -2.49. The zero-order chi connectivity index (χ0) is 19.3.